The molecule has 0 atom stereocenters. The third-order valence-corrected chi connectivity index (χ3v) is 5.90. The van der Waals surface area contributed by atoms with E-state index in [0.717, 1.165) is 14.8 Å². The molecule has 146 valence electrons. The number of halogens is 1. The van der Waals surface area contributed by atoms with Crippen LogP contribution in [0.2, 0.25) is 0 Å². The molecule has 0 radical (unpaired) electrons. The minimum absolute atomic E-state index is 0.0142. The van der Waals surface area contributed by atoms with Crippen molar-refractivity contribution in [2.75, 3.05) is 0 Å². The highest BCUT2D eigenvalue weighted by molar-refractivity contribution is 14.1. The van der Waals surface area contributed by atoms with Gasteiger partial charge in [0.2, 0.25) is 0 Å². The second-order valence-electron chi connectivity index (χ2n) is 6.22. The van der Waals surface area contributed by atoms with Crippen LogP contribution >= 0.6 is 33.9 Å². The van der Waals surface area contributed by atoms with Crippen LogP contribution in [0.1, 0.15) is 10.6 Å². The zero-order chi connectivity index (χ0) is 21.1. The molecular formula is C21H12IN5O2S. The van der Waals surface area contributed by atoms with Gasteiger partial charge in [0.15, 0.2) is 0 Å². The van der Waals surface area contributed by atoms with Crippen molar-refractivity contribution < 1.29 is 4.92 Å². The van der Waals surface area contributed by atoms with E-state index in [9.17, 15) is 15.4 Å². The number of thiazole rings is 1. The Morgan fingerprint density at radius 3 is 2.77 bits per heavy atom. The van der Waals surface area contributed by atoms with Crippen LogP contribution in [0, 0.1) is 25.0 Å². The topological polar surface area (TPSA) is 108 Å². The summed E-state index contributed by atoms with van der Waals surface area (Å²) in [4.78, 5) is 15.2. The van der Waals surface area contributed by atoms with Crippen LogP contribution in [0.25, 0.3) is 34.2 Å². The Balaban J connectivity index is 1.69. The van der Waals surface area contributed by atoms with E-state index in [1.54, 1.807) is 24.4 Å². The van der Waals surface area contributed by atoms with Gasteiger partial charge in [0.25, 0.3) is 5.69 Å². The van der Waals surface area contributed by atoms with Crippen molar-refractivity contribution in [1.82, 2.24) is 15.2 Å². The molecule has 0 amide bonds. The van der Waals surface area contributed by atoms with E-state index in [2.05, 4.69) is 43.8 Å². The van der Waals surface area contributed by atoms with Crippen LogP contribution < -0.4 is 0 Å². The summed E-state index contributed by atoms with van der Waals surface area (Å²) in [5.41, 5.74) is 4.03. The fourth-order valence-corrected chi connectivity index (χ4v) is 4.01. The quantitative estimate of drug-likeness (QED) is 0.154. The summed E-state index contributed by atoms with van der Waals surface area (Å²) in [5.74, 6) is 0. The fraction of sp³-hybridized carbons (Fsp3) is 0. The summed E-state index contributed by atoms with van der Waals surface area (Å²) < 4.78 is 1.14. The number of nitrogens with zero attached hydrogens (tertiary/aromatic N) is 4. The lowest BCUT2D eigenvalue weighted by Gasteiger charge is -2.01. The lowest BCUT2D eigenvalue weighted by molar-refractivity contribution is -0.384. The number of aromatic amines is 1. The number of rotatable bonds is 5. The highest BCUT2D eigenvalue weighted by Gasteiger charge is 2.14. The first-order chi connectivity index (χ1) is 14.5. The van der Waals surface area contributed by atoms with E-state index in [0.29, 0.717) is 27.4 Å². The van der Waals surface area contributed by atoms with Crippen LogP contribution in [-0.4, -0.2) is 20.1 Å². The second-order valence-corrected chi connectivity index (χ2v) is 8.33. The third kappa shape index (κ3) is 4.14. The molecule has 0 aliphatic heterocycles. The van der Waals surface area contributed by atoms with E-state index in [-0.39, 0.29) is 5.69 Å². The Labute approximate surface area is 189 Å². The number of nitriles is 1. The van der Waals surface area contributed by atoms with Gasteiger partial charge in [0.05, 0.1) is 28.1 Å². The number of allylic oxidation sites excluding steroid dienone is 1. The summed E-state index contributed by atoms with van der Waals surface area (Å²) >= 11 is 3.63. The third-order valence-electron chi connectivity index (χ3n) is 4.31. The first-order valence-corrected chi connectivity index (χ1v) is 10.6. The molecular weight excluding hydrogens is 513 g/mol. The molecule has 2 aromatic carbocycles. The molecule has 0 spiro atoms. The molecule has 0 fully saturated rings. The van der Waals surface area contributed by atoms with Gasteiger partial charge in [-0.25, -0.2) is 4.98 Å². The standard InChI is InChI=1S/C21H12IN5O2S/c22-17-6-4-13(5-7-17)19-12-30-21(25-19)15(10-23)8-16-11-24-26-20(16)14-2-1-3-18(9-14)27(28)29/h1-9,11-12H,(H,24,26). The first kappa shape index (κ1) is 19.9. The first-order valence-electron chi connectivity index (χ1n) is 8.67. The number of aromatic nitrogens is 3. The van der Waals surface area contributed by atoms with Gasteiger partial charge in [-0.1, -0.05) is 24.3 Å². The summed E-state index contributed by atoms with van der Waals surface area (Å²) in [7, 11) is 0. The lowest BCUT2D eigenvalue weighted by atomic mass is 10.1. The van der Waals surface area contributed by atoms with Crippen molar-refractivity contribution in [1.29, 1.82) is 5.26 Å². The van der Waals surface area contributed by atoms with Crippen molar-refractivity contribution in [3.63, 3.8) is 0 Å². The molecule has 1 N–H and O–H groups in total. The Hall–Kier alpha value is -3.36. The number of nitrogens with one attached hydrogen (secondary N) is 1. The number of nitro groups is 1. The number of hydrogen-bond donors (Lipinski definition) is 1. The maximum Gasteiger partial charge on any atom is 0.270 e. The largest absolute Gasteiger partial charge is 0.277 e. The molecule has 2 aromatic heterocycles. The van der Waals surface area contributed by atoms with Gasteiger partial charge in [-0.2, -0.15) is 10.4 Å². The van der Waals surface area contributed by atoms with E-state index in [4.69, 9.17) is 0 Å². The molecule has 0 bridgehead atoms. The summed E-state index contributed by atoms with van der Waals surface area (Å²) in [6, 6.07) is 16.5. The van der Waals surface area contributed by atoms with Gasteiger partial charge in [0, 0.05) is 37.8 Å². The molecule has 7 nitrogen and oxygen atoms in total. The number of non-ortho nitro benzene ring substituents is 1. The lowest BCUT2D eigenvalue weighted by Crippen LogP contribution is -1.89. The van der Waals surface area contributed by atoms with Crippen LogP contribution in [0.4, 0.5) is 5.69 Å². The monoisotopic (exact) mass is 525 g/mol. The van der Waals surface area contributed by atoms with Crippen LogP contribution in [0.5, 0.6) is 0 Å². The average molecular weight is 525 g/mol. The average Bonchev–Trinajstić information content (AvgIpc) is 3.42. The number of benzene rings is 2. The van der Waals surface area contributed by atoms with Gasteiger partial charge in [-0.05, 0) is 40.8 Å². The van der Waals surface area contributed by atoms with Crippen LogP contribution in [0.15, 0.2) is 60.1 Å². The van der Waals surface area contributed by atoms with Crippen molar-refractivity contribution in [3.8, 4) is 28.6 Å². The Kier molecular flexibility index (Phi) is 5.69. The van der Waals surface area contributed by atoms with Gasteiger partial charge in [-0.15, -0.1) is 11.3 Å². The summed E-state index contributed by atoms with van der Waals surface area (Å²) in [6.07, 6.45) is 3.27. The molecule has 2 heterocycles. The number of hydrogen-bond acceptors (Lipinski definition) is 6. The maximum absolute atomic E-state index is 11.1. The smallest absolute Gasteiger partial charge is 0.270 e. The Morgan fingerprint density at radius 1 is 1.23 bits per heavy atom. The minimum atomic E-state index is -0.447. The second kappa shape index (κ2) is 8.56. The fourth-order valence-electron chi connectivity index (χ4n) is 2.86. The van der Waals surface area contributed by atoms with Gasteiger partial charge in [0.1, 0.15) is 11.1 Å². The molecule has 0 aliphatic carbocycles. The van der Waals surface area contributed by atoms with E-state index >= 15 is 0 Å². The Bertz CT molecular complexity index is 1300. The van der Waals surface area contributed by atoms with Crippen molar-refractivity contribution in [3.05, 3.63) is 84.4 Å². The number of nitro benzene ring substituents is 1. The zero-order valence-electron chi connectivity index (χ0n) is 15.2. The minimum Gasteiger partial charge on any atom is -0.277 e. The SMILES string of the molecule is N#CC(=Cc1cn[nH]c1-c1cccc([N+](=O)[O-])c1)c1nc(-c2ccc(I)cc2)cs1. The molecule has 30 heavy (non-hydrogen) atoms. The van der Waals surface area contributed by atoms with E-state index < -0.39 is 4.92 Å². The molecule has 0 unspecified atom stereocenters. The van der Waals surface area contributed by atoms with Gasteiger partial charge in [-0.3, -0.25) is 15.2 Å². The predicted octanol–water partition coefficient (Wildman–Crippen LogP) is 5.78. The van der Waals surface area contributed by atoms with E-state index in [1.165, 1.54) is 23.5 Å². The maximum atomic E-state index is 11.1. The van der Waals surface area contributed by atoms with Crippen molar-refractivity contribution >= 4 is 51.3 Å². The molecule has 9 heteroatoms. The molecule has 4 rings (SSSR count). The van der Waals surface area contributed by atoms with Crippen molar-refractivity contribution in [2.45, 2.75) is 0 Å². The van der Waals surface area contributed by atoms with Crippen LogP contribution in [0.3, 0.4) is 0 Å². The highest BCUT2D eigenvalue weighted by atomic mass is 127. The predicted molar refractivity (Wildman–Crippen MR) is 124 cm³/mol. The Morgan fingerprint density at radius 2 is 2.03 bits per heavy atom. The van der Waals surface area contributed by atoms with Gasteiger partial charge >= 0.3 is 0 Å². The van der Waals surface area contributed by atoms with Gasteiger partial charge < -0.3 is 0 Å². The zero-order valence-corrected chi connectivity index (χ0v) is 18.2. The van der Waals surface area contributed by atoms with Crippen molar-refractivity contribution in [2.24, 2.45) is 0 Å². The molecule has 4 aromatic rings. The van der Waals surface area contributed by atoms with E-state index in [1.807, 2.05) is 29.6 Å². The summed E-state index contributed by atoms with van der Waals surface area (Å²) in [6.45, 7) is 0. The molecule has 0 aliphatic rings. The molecule has 0 saturated carbocycles. The normalized spacial score (nSPS) is 11.3. The number of H-pyrrole nitrogens is 1. The highest BCUT2D eigenvalue weighted by Crippen LogP contribution is 2.30. The summed E-state index contributed by atoms with van der Waals surface area (Å²) in [5, 5.41) is 30.2. The van der Waals surface area contributed by atoms with Crippen LogP contribution in [-0.2, 0) is 0 Å². The molecule has 0 saturated heterocycles.